The van der Waals surface area contributed by atoms with Gasteiger partial charge in [0.05, 0.1) is 17.1 Å². The molecule has 0 spiro atoms. The van der Waals surface area contributed by atoms with Crippen LogP contribution in [0.1, 0.15) is 17.5 Å². The minimum atomic E-state index is -4.51. The van der Waals surface area contributed by atoms with E-state index in [0.717, 1.165) is 6.07 Å². The third-order valence-electron chi connectivity index (χ3n) is 2.78. The summed E-state index contributed by atoms with van der Waals surface area (Å²) in [7, 11) is 0. The number of carbonyl (C=O) groups is 1. The molecule has 0 saturated heterocycles. The molecule has 1 N–H and O–H groups in total. The molecule has 3 nitrogen and oxygen atoms in total. The monoisotopic (exact) mass is 293 g/mol. The predicted octanol–water partition coefficient (Wildman–Crippen LogP) is 3.21. The van der Waals surface area contributed by atoms with Gasteiger partial charge >= 0.3 is 6.18 Å². The van der Waals surface area contributed by atoms with Crippen LogP contribution in [0.3, 0.4) is 0 Å². The van der Waals surface area contributed by atoms with Crippen molar-refractivity contribution in [1.29, 1.82) is 0 Å². The van der Waals surface area contributed by atoms with Crippen LogP contribution < -0.4 is 10.1 Å². The van der Waals surface area contributed by atoms with E-state index >= 15 is 0 Å². The van der Waals surface area contributed by atoms with Gasteiger partial charge in [-0.15, -0.1) is 11.6 Å². The molecule has 7 heteroatoms. The first-order valence-electron chi connectivity index (χ1n) is 5.65. The van der Waals surface area contributed by atoms with Gasteiger partial charge in [0.1, 0.15) is 12.4 Å². The average Bonchev–Trinajstić information content (AvgIpc) is 2.34. The van der Waals surface area contributed by atoms with Crippen molar-refractivity contribution in [1.82, 2.24) is 0 Å². The molecule has 1 aromatic rings. The van der Waals surface area contributed by atoms with E-state index < -0.39 is 17.6 Å². The van der Waals surface area contributed by atoms with Crippen LogP contribution in [0.2, 0.25) is 0 Å². The van der Waals surface area contributed by atoms with E-state index in [9.17, 15) is 18.0 Å². The quantitative estimate of drug-likeness (QED) is 0.869. The zero-order valence-corrected chi connectivity index (χ0v) is 10.6. The van der Waals surface area contributed by atoms with Crippen molar-refractivity contribution in [2.75, 3.05) is 17.8 Å². The van der Waals surface area contributed by atoms with Gasteiger partial charge in [0.2, 0.25) is 5.91 Å². The maximum absolute atomic E-state index is 12.9. The second-order valence-corrected chi connectivity index (χ2v) is 4.43. The number of ether oxygens (including phenoxy) is 1. The standard InChI is InChI=1S/C12H11ClF3NO2/c13-5-6-19-9-3-2-8(12(14,15)16)11-7(9)1-4-10(18)17-11/h2-3H,1,4-6H2,(H,17,18). The van der Waals surface area contributed by atoms with Crippen LogP contribution in [-0.2, 0) is 17.4 Å². The Morgan fingerprint density at radius 1 is 1.32 bits per heavy atom. The molecule has 1 heterocycles. The fraction of sp³-hybridized carbons (Fsp3) is 0.417. The van der Waals surface area contributed by atoms with Crippen LogP contribution in [0.15, 0.2) is 12.1 Å². The largest absolute Gasteiger partial charge is 0.492 e. The lowest BCUT2D eigenvalue weighted by Gasteiger charge is -2.23. The van der Waals surface area contributed by atoms with E-state index in [2.05, 4.69) is 5.32 Å². The Morgan fingerprint density at radius 2 is 2.05 bits per heavy atom. The van der Waals surface area contributed by atoms with Crippen molar-refractivity contribution < 1.29 is 22.7 Å². The van der Waals surface area contributed by atoms with E-state index in [1.807, 2.05) is 0 Å². The Kier molecular flexibility index (Phi) is 3.89. The summed E-state index contributed by atoms with van der Waals surface area (Å²) in [5.41, 5.74) is -0.677. The Balaban J connectivity index is 2.47. The minimum Gasteiger partial charge on any atom is -0.492 e. The fourth-order valence-corrected chi connectivity index (χ4v) is 2.06. The highest BCUT2D eigenvalue weighted by atomic mass is 35.5. The summed E-state index contributed by atoms with van der Waals surface area (Å²) >= 11 is 5.49. The number of carbonyl (C=O) groups excluding carboxylic acids is 1. The van der Waals surface area contributed by atoms with Crippen molar-refractivity contribution in [2.45, 2.75) is 19.0 Å². The molecule has 0 bridgehead atoms. The highest BCUT2D eigenvalue weighted by Crippen LogP contribution is 2.42. The topological polar surface area (TPSA) is 38.3 Å². The summed E-state index contributed by atoms with van der Waals surface area (Å²) in [6.07, 6.45) is -4.14. The van der Waals surface area contributed by atoms with E-state index in [1.54, 1.807) is 0 Å². The zero-order chi connectivity index (χ0) is 14.0. The summed E-state index contributed by atoms with van der Waals surface area (Å²) in [5.74, 6) is 0.151. The van der Waals surface area contributed by atoms with Gasteiger partial charge in [0.25, 0.3) is 0 Å². The highest BCUT2D eigenvalue weighted by molar-refractivity contribution is 6.18. The van der Waals surface area contributed by atoms with Gasteiger partial charge in [0.15, 0.2) is 0 Å². The molecule has 2 rings (SSSR count). The van der Waals surface area contributed by atoms with Gasteiger partial charge in [0, 0.05) is 12.0 Å². The van der Waals surface area contributed by atoms with E-state index in [1.165, 1.54) is 6.07 Å². The van der Waals surface area contributed by atoms with E-state index in [0.29, 0.717) is 11.3 Å². The maximum atomic E-state index is 12.9. The number of nitrogens with one attached hydrogen (secondary N) is 1. The molecule has 1 aliphatic rings. The summed E-state index contributed by atoms with van der Waals surface area (Å²) < 4.78 is 43.9. The van der Waals surface area contributed by atoms with Crippen molar-refractivity contribution in [3.63, 3.8) is 0 Å². The number of alkyl halides is 4. The van der Waals surface area contributed by atoms with E-state index in [4.69, 9.17) is 16.3 Å². The molecular formula is C12H11ClF3NO2. The second-order valence-electron chi connectivity index (χ2n) is 4.05. The molecule has 1 aromatic carbocycles. The zero-order valence-electron chi connectivity index (χ0n) is 9.81. The van der Waals surface area contributed by atoms with Crippen molar-refractivity contribution >= 4 is 23.2 Å². The van der Waals surface area contributed by atoms with Crippen LogP contribution in [0.4, 0.5) is 18.9 Å². The maximum Gasteiger partial charge on any atom is 0.418 e. The van der Waals surface area contributed by atoms with Gasteiger partial charge in [-0.3, -0.25) is 4.79 Å². The van der Waals surface area contributed by atoms with Gasteiger partial charge in [-0.05, 0) is 18.6 Å². The SMILES string of the molecule is O=C1CCc2c(OCCCl)ccc(C(F)(F)F)c2N1. The van der Waals surface area contributed by atoms with Crippen molar-refractivity contribution in [3.05, 3.63) is 23.3 Å². The Labute approximate surface area is 112 Å². The molecule has 1 amide bonds. The molecular weight excluding hydrogens is 283 g/mol. The number of hydrogen-bond acceptors (Lipinski definition) is 2. The first kappa shape index (κ1) is 14.0. The molecule has 0 aliphatic carbocycles. The number of fused-ring (bicyclic) bond motifs is 1. The van der Waals surface area contributed by atoms with Gasteiger partial charge in [-0.1, -0.05) is 0 Å². The van der Waals surface area contributed by atoms with Crippen molar-refractivity contribution in [3.8, 4) is 5.75 Å². The number of amides is 1. The van der Waals surface area contributed by atoms with Gasteiger partial charge in [-0.25, -0.2) is 0 Å². The molecule has 1 aliphatic heterocycles. The summed E-state index contributed by atoms with van der Waals surface area (Å²) in [5, 5.41) is 2.28. The third kappa shape index (κ3) is 2.94. The summed E-state index contributed by atoms with van der Waals surface area (Å²) in [4.78, 5) is 11.3. The molecule has 104 valence electrons. The summed E-state index contributed by atoms with van der Waals surface area (Å²) in [6, 6.07) is 2.18. The number of halogens is 4. The van der Waals surface area contributed by atoms with Gasteiger partial charge < -0.3 is 10.1 Å². The van der Waals surface area contributed by atoms with Crippen LogP contribution in [0, 0.1) is 0 Å². The number of rotatable bonds is 3. The average molecular weight is 294 g/mol. The number of hydrogen-bond donors (Lipinski definition) is 1. The lowest BCUT2D eigenvalue weighted by atomic mass is 9.97. The summed E-state index contributed by atoms with van der Waals surface area (Å²) in [6.45, 7) is 0.202. The Hall–Kier alpha value is -1.43. The second kappa shape index (κ2) is 5.28. The fourth-order valence-electron chi connectivity index (χ4n) is 1.98. The first-order valence-corrected chi connectivity index (χ1v) is 6.18. The van der Waals surface area contributed by atoms with Gasteiger partial charge in [-0.2, -0.15) is 13.2 Å². The molecule has 0 saturated carbocycles. The Bertz CT molecular complexity index is 502. The normalized spacial score (nSPS) is 14.8. The predicted molar refractivity (Wildman–Crippen MR) is 64.6 cm³/mol. The van der Waals surface area contributed by atoms with Crippen LogP contribution in [-0.4, -0.2) is 18.4 Å². The third-order valence-corrected chi connectivity index (χ3v) is 2.93. The lowest BCUT2D eigenvalue weighted by molar-refractivity contribution is -0.137. The molecule has 0 atom stereocenters. The van der Waals surface area contributed by atoms with Crippen LogP contribution in [0.25, 0.3) is 0 Å². The minimum absolute atomic E-state index is 0.144. The number of anilines is 1. The number of benzene rings is 1. The lowest BCUT2D eigenvalue weighted by Crippen LogP contribution is -2.23. The smallest absolute Gasteiger partial charge is 0.418 e. The molecule has 0 fully saturated rings. The van der Waals surface area contributed by atoms with E-state index in [-0.39, 0.29) is 31.0 Å². The molecule has 0 aromatic heterocycles. The Morgan fingerprint density at radius 3 is 2.68 bits per heavy atom. The molecule has 0 radical (unpaired) electrons. The highest BCUT2D eigenvalue weighted by Gasteiger charge is 2.37. The van der Waals surface area contributed by atoms with Crippen LogP contribution in [0.5, 0.6) is 5.75 Å². The van der Waals surface area contributed by atoms with Crippen LogP contribution >= 0.6 is 11.6 Å². The molecule has 19 heavy (non-hydrogen) atoms. The molecule has 0 unspecified atom stereocenters. The van der Waals surface area contributed by atoms with Crippen molar-refractivity contribution in [2.24, 2.45) is 0 Å². The first-order chi connectivity index (χ1) is 8.93.